The molecule has 3 heterocycles. The van der Waals surface area contributed by atoms with Crippen LogP contribution in [0, 0.1) is 0 Å². The molecule has 1 atom stereocenters. The van der Waals surface area contributed by atoms with Crippen LogP contribution in [-0.4, -0.2) is 56.8 Å². The summed E-state index contributed by atoms with van der Waals surface area (Å²) in [4.78, 5) is 19.6. The molecule has 2 aromatic rings. The van der Waals surface area contributed by atoms with Crippen molar-refractivity contribution < 1.29 is 4.74 Å². The molecular weight excluding hydrogens is 270 g/mol. The second-order valence-electron chi connectivity index (χ2n) is 4.89. The quantitative estimate of drug-likeness (QED) is 0.888. The summed E-state index contributed by atoms with van der Waals surface area (Å²) in [5.74, 6) is 1.80. The second kappa shape index (κ2) is 6.04. The first-order chi connectivity index (χ1) is 10.3. The zero-order chi connectivity index (χ0) is 14.7. The molecule has 0 saturated carbocycles. The van der Waals surface area contributed by atoms with E-state index in [0.717, 1.165) is 19.6 Å². The van der Waals surface area contributed by atoms with Crippen molar-refractivity contribution in [2.24, 2.45) is 0 Å². The highest BCUT2D eigenvalue weighted by atomic mass is 16.5. The monoisotopic (exact) mass is 289 g/mol. The van der Waals surface area contributed by atoms with E-state index in [4.69, 9.17) is 4.74 Å². The van der Waals surface area contributed by atoms with Crippen molar-refractivity contribution >= 4 is 11.9 Å². The molecule has 21 heavy (non-hydrogen) atoms. The van der Waals surface area contributed by atoms with Gasteiger partial charge in [0.2, 0.25) is 17.8 Å². The number of nitrogens with one attached hydrogen (secondary N) is 1. The summed E-state index contributed by atoms with van der Waals surface area (Å²) in [5.41, 5.74) is 0. The molecule has 0 spiro atoms. The number of rotatable bonds is 4. The zero-order valence-corrected chi connectivity index (χ0v) is 12.2. The predicted octanol–water partition coefficient (Wildman–Crippen LogP) is 0.714. The lowest BCUT2D eigenvalue weighted by Crippen LogP contribution is -2.42. The summed E-state index contributed by atoms with van der Waals surface area (Å²) in [6.45, 7) is 7.06. The van der Waals surface area contributed by atoms with Crippen molar-refractivity contribution in [3.05, 3.63) is 18.7 Å². The Bertz CT molecular complexity index is 586. The molecule has 0 aliphatic carbocycles. The molecule has 2 aromatic heterocycles. The van der Waals surface area contributed by atoms with Crippen LogP contribution >= 0.6 is 0 Å². The van der Waals surface area contributed by atoms with Crippen molar-refractivity contribution in [3.63, 3.8) is 0 Å². The Balaban J connectivity index is 1.95. The van der Waals surface area contributed by atoms with Crippen molar-refractivity contribution in [2.45, 2.75) is 20.0 Å². The lowest BCUT2D eigenvalue weighted by molar-refractivity contribution is 0.0526. The average molecular weight is 289 g/mol. The van der Waals surface area contributed by atoms with Crippen LogP contribution in [0.3, 0.4) is 0 Å². The molecular formula is C13H19N7O. The van der Waals surface area contributed by atoms with Gasteiger partial charge in [-0.3, -0.25) is 4.57 Å². The number of ether oxygens (including phenoxy) is 1. The van der Waals surface area contributed by atoms with Gasteiger partial charge in [0.1, 0.15) is 6.33 Å². The summed E-state index contributed by atoms with van der Waals surface area (Å²) < 4.78 is 7.34. The molecule has 8 heteroatoms. The average Bonchev–Trinajstić information content (AvgIpc) is 3.01. The minimum absolute atomic E-state index is 0.176. The first-order valence-corrected chi connectivity index (χ1v) is 7.11. The van der Waals surface area contributed by atoms with E-state index in [2.05, 4.69) is 37.1 Å². The number of hydrogen-bond donors (Lipinski definition) is 1. The second-order valence-corrected chi connectivity index (χ2v) is 4.89. The molecule has 0 aromatic carbocycles. The van der Waals surface area contributed by atoms with Crippen LogP contribution < -0.4 is 10.2 Å². The molecule has 1 aliphatic rings. The molecule has 1 unspecified atom stereocenters. The third kappa shape index (κ3) is 3.10. The summed E-state index contributed by atoms with van der Waals surface area (Å²) in [7, 11) is 0. The number of anilines is 2. The van der Waals surface area contributed by atoms with Gasteiger partial charge in [-0.1, -0.05) is 0 Å². The highest BCUT2D eigenvalue weighted by molar-refractivity contribution is 5.40. The summed E-state index contributed by atoms with van der Waals surface area (Å²) in [6.07, 6.45) is 5.37. The fraction of sp³-hybridized carbons (Fsp3) is 0.538. The topological polar surface area (TPSA) is 81.0 Å². The Morgan fingerprint density at radius 2 is 2.19 bits per heavy atom. The van der Waals surface area contributed by atoms with Gasteiger partial charge in [0.15, 0.2) is 0 Å². The maximum atomic E-state index is 5.57. The lowest BCUT2D eigenvalue weighted by atomic mass is 10.3. The van der Waals surface area contributed by atoms with Crippen molar-refractivity contribution in [3.8, 4) is 5.95 Å². The van der Waals surface area contributed by atoms with E-state index in [1.165, 1.54) is 0 Å². The molecule has 1 saturated heterocycles. The molecule has 0 amide bonds. The highest BCUT2D eigenvalue weighted by Crippen LogP contribution is 2.16. The number of morpholine rings is 1. The van der Waals surface area contributed by atoms with E-state index in [0.29, 0.717) is 24.5 Å². The molecule has 0 radical (unpaired) electrons. The van der Waals surface area contributed by atoms with Crippen LogP contribution in [0.5, 0.6) is 0 Å². The summed E-state index contributed by atoms with van der Waals surface area (Å²) in [5, 5.41) is 3.15. The highest BCUT2D eigenvalue weighted by Gasteiger charge is 2.20. The van der Waals surface area contributed by atoms with Gasteiger partial charge in [-0.25, -0.2) is 4.98 Å². The van der Waals surface area contributed by atoms with E-state index in [1.807, 2.05) is 13.1 Å². The third-order valence-corrected chi connectivity index (χ3v) is 3.21. The summed E-state index contributed by atoms with van der Waals surface area (Å²) >= 11 is 0. The SMILES string of the molecule is CCNc1nc(N2CCOC(C)C2)nc(-n2ccnc2)n1. The Labute approximate surface area is 123 Å². The van der Waals surface area contributed by atoms with Gasteiger partial charge in [-0.05, 0) is 13.8 Å². The van der Waals surface area contributed by atoms with Crippen LogP contribution in [0.4, 0.5) is 11.9 Å². The Morgan fingerprint density at radius 3 is 2.90 bits per heavy atom. The largest absolute Gasteiger partial charge is 0.375 e. The van der Waals surface area contributed by atoms with E-state index in [9.17, 15) is 0 Å². The molecule has 8 nitrogen and oxygen atoms in total. The lowest BCUT2D eigenvalue weighted by Gasteiger charge is -2.31. The van der Waals surface area contributed by atoms with Gasteiger partial charge in [0, 0.05) is 32.0 Å². The van der Waals surface area contributed by atoms with Gasteiger partial charge in [-0.2, -0.15) is 15.0 Å². The Morgan fingerprint density at radius 1 is 1.33 bits per heavy atom. The first-order valence-electron chi connectivity index (χ1n) is 7.11. The smallest absolute Gasteiger partial charge is 0.241 e. The van der Waals surface area contributed by atoms with E-state index < -0.39 is 0 Å². The Kier molecular flexibility index (Phi) is 3.96. The number of nitrogens with zero attached hydrogens (tertiary/aromatic N) is 6. The van der Waals surface area contributed by atoms with E-state index in [-0.39, 0.29) is 6.10 Å². The molecule has 3 rings (SSSR count). The van der Waals surface area contributed by atoms with Gasteiger partial charge < -0.3 is 15.0 Å². The normalized spacial score (nSPS) is 18.8. The van der Waals surface area contributed by atoms with Gasteiger partial charge in [0.05, 0.1) is 12.7 Å². The fourth-order valence-electron chi connectivity index (χ4n) is 2.23. The zero-order valence-electron chi connectivity index (χ0n) is 12.2. The third-order valence-electron chi connectivity index (χ3n) is 3.21. The van der Waals surface area contributed by atoms with Gasteiger partial charge >= 0.3 is 0 Å². The predicted molar refractivity (Wildman–Crippen MR) is 78.7 cm³/mol. The summed E-state index contributed by atoms with van der Waals surface area (Å²) in [6, 6.07) is 0. The molecule has 1 aliphatic heterocycles. The van der Waals surface area contributed by atoms with Crippen molar-refractivity contribution in [1.29, 1.82) is 0 Å². The Hall–Kier alpha value is -2.22. The van der Waals surface area contributed by atoms with Crippen molar-refractivity contribution in [1.82, 2.24) is 24.5 Å². The molecule has 112 valence electrons. The standard InChI is InChI=1S/C13H19N7O/c1-3-15-11-16-12(19-6-7-21-10(2)8-19)18-13(17-11)20-5-4-14-9-20/h4-5,9-10H,3,6-8H2,1-2H3,(H,15,16,17,18). The number of aromatic nitrogens is 5. The van der Waals surface area contributed by atoms with Gasteiger partial charge in [0.25, 0.3) is 0 Å². The van der Waals surface area contributed by atoms with Crippen molar-refractivity contribution in [2.75, 3.05) is 36.5 Å². The molecule has 1 N–H and O–H groups in total. The molecule has 1 fully saturated rings. The maximum absolute atomic E-state index is 5.57. The van der Waals surface area contributed by atoms with Crippen LogP contribution in [0.1, 0.15) is 13.8 Å². The first kappa shape index (κ1) is 13.7. The fourth-order valence-corrected chi connectivity index (χ4v) is 2.23. The van der Waals surface area contributed by atoms with Gasteiger partial charge in [-0.15, -0.1) is 0 Å². The number of imidazole rings is 1. The molecule has 0 bridgehead atoms. The van der Waals surface area contributed by atoms with E-state index >= 15 is 0 Å². The number of hydrogen-bond acceptors (Lipinski definition) is 7. The van der Waals surface area contributed by atoms with Crippen LogP contribution in [0.15, 0.2) is 18.7 Å². The van der Waals surface area contributed by atoms with E-state index in [1.54, 1.807) is 17.1 Å². The van der Waals surface area contributed by atoms with Crippen LogP contribution in [0.2, 0.25) is 0 Å². The maximum Gasteiger partial charge on any atom is 0.241 e. The minimum Gasteiger partial charge on any atom is -0.375 e. The van der Waals surface area contributed by atoms with Crippen LogP contribution in [0.25, 0.3) is 5.95 Å². The van der Waals surface area contributed by atoms with Crippen LogP contribution in [-0.2, 0) is 4.74 Å². The minimum atomic E-state index is 0.176.